The lowest BCUT2D eigenvalue weighted by Gasteiger charge is -2.43. The smallest absolute Gasteiger partial charge is 0.153 e. The van der Waals surface area contributed by atoms with Crippen molar-refractivity contribution >= 4 is 9.84 Å². The van der Waals surface area contributed by atoms with Crippen LogP contribution in [0.2, 0.25) is 0 Å². The number of aliphatic hydroxyl groups is 1. The van der Waals surface area contributed by atoms with Crippen LogP contribution in [0.15, 0.2) is 0 Å². The lowest BCUT2D eigenvalue weighted by molar-refractivity contribution is 0.000169. The molecule has 112 valence electrons. The van der Waals surface area contributed by atoms with Crippen molar-refractivity contribution in [2.24, 2.45) is 11.3 Å². The molecule has 2 fully saturated rings. The molecule has 1 aliphatic heterocycles. The standard InChI is InChI=1S/C14H27NO3S/c1-11-10-19(17,18)7-6-15(11)9-12-8-14(2,3)5-4-13(12)16/h11-13,16H,4-10H2,1-3H3. The molecule has 1 aliphatic carbocycles. The second-order valence-electron chi connectivity index (χ2n) is 7.19. The van der Waals surface area contributed by atoms with E-state index in [2.05, 4.69) is 18.7 Å². The second-order valence-corrected chi connectivity index (χ2v) is 9.42. The fourth-order valence-electron chi connectivity index (χ4n) is 3.51. The van der Waals surface area contributed by atoms with E-state index < -0.39 is 9.84 Å². The predicted octanol–water partition coefficient (Wildman–Crippen LogP) is 1.29. The van der Waals surface area contributed by atoms with E-state index >= 15 is 0 Å². The van der Waals surface area contributed by atoms with Crippen LogP contribution in [0.1, 0.15) is 40.0 Å². The summed E-state index contributed by atoms with van der Waals surface area (Å²) in [5.74, 6) is 0.815. The van der Waals surface area contributed by atoms with Gasteiger partial charge in [-0.3, -0.25) is 4.90 Å². The molecule has 0 bridgehead atoms. The quantitative estimate of drug-likeness (QED) is 0.832. The van der Waals surface area contributed by atoms with Crippen LogP contribution < -0.4 is 0 Å². The molecule has 0 aromatic heterocycles. The maximum atomic E-state index is 11.6. The van der Waals surface area contributed by atoms with Crippen molar-refractivity contribution in [1.29, 1.82) is 0 Å². The van der Waals surface area contributed by atoms with Crippen LogP contribution in [0.3, 0.4) is 0 Å². The molecule has 0 radical (unpaired) electrons. The molecule has 0 spiro atoms. The Kier molecular flexibility index (Phi) is 4.29. The van der Waals surface area contributed by atoms with Crippen molar-refractivity contribution in [2.75, 3.05) is 24.6 Å². The number of nitrogens with zero attached hydrogens (tertiary/aromatic N) is 1. The lowest BCUT2D eigenvalue weighted by atomic mass is 9.70. The van der Waals surface area contributed by atoms with Crippen LogP contribution in [0.4, 0.5) is 0 Å². The molecule has 0 aromatic rings. The van der Waals surface area contributed by atoms with Crippen molar-refractivity contribution in [2.45, 2.75) is 52.2 Å². The highest BCUT2D eigenvalue weighted by molar-refractivity contribution is 7.91. The molecule has 0 aromatic carbocycles. The van der Waals surface area contributed by atoms with Gasteiger partial charge in [-0.1, -0.05) is 13.8 Å². The van der Waals surface area contributed by atoms with Gasteiger partial charge < -0.3 is 5.11 Å². The van der Waals surface area contributed by atoms with Crippen LogP contribution in [0, 0.1) is 11.3 Å². The Morgan fingerprint density at radius 2 is 2.05 bits per heavy atom. The first-order valence-corrected chi connectivity index (χ1v) is 9.13. The fraction of sp³-hybridized carbons (Fsp3) is 1.00. The zero-order chi connectivity index (χ0) is 14.3. The van der Waals surface area contributed by atoms with Gasteiger partial charge in [-0.05, 0) is 37.5 Å². The molecule has 3 unspecified atom stereocenters. The first kappa shape index (κ1) is 15.3. The molecule has 1 heterocycles. The van der Waals surface area contributed by atoms with Gasteiger partial charge in [0.2, 0.25) is 0 Å². The Bertz CT molecular complexity index is 418. The number of aliphatic hydroxyl groups excluding tert-OH is 1. The summed E-state index contributed by atoms with van der Waals surface area (Å²) < 4.78 is 23.2. The third kappa shape index (κ3) is 3.92. The normalized spacial score (nSPS) is 39.1. The van der Waals surface area contributed by atoms with Gasteiger partial charge in [-0.25, -0.2) is 8.42 Å². The summed E-state index contributed by atoms with van der Waals surface area (Å²) in [7, 11) is -2.85. The van der Waals surface area contributed by atoms with Gasteiger partial charge in [0, 0.05) is 19.1 Å². The molecule has 4 nitrogen and oxygen atoms in total. The van der Waals surface area contributed by atoms with Crippen LogP contribution in [-0.4, -0.2) is 55.2 Å². The number of hydrogen-bond donors (Lipinski definition) is 1. The summed E-state index contributed by atoms with van der Waals surface area (Å²) in [5, 5.41) is 10.2. The molecular formula is C14H27NO3S. The molecule has 0 amide bonds. The summed E-state index contributed by atoms with van der Waals surface area (Å²) in [6.07, 6.45) is 2.76. The number of rotatable bonds is 2. The fourth-order valence-corrected chi connectivity index (χ4v) is 5.14. The van der Waals surface area contributed by atoms with Crippen LogP contribution in [-0.2, 0) is 9.84 Å². The summed E-state index contributed by atoms with van der Waals surface area (Å²) in [6.45, 7) is 7.96. The molecule has 5 heteroatoms. The zero-order valence-corrected chi connectivity index (χ0v) is 13.1. The highest BCUT2D eigenvalue weighted by atomic mass is 32.2. The van der Waals surface area contributed by atoms with E-state index in [-0.39, 0.29) is 29.6 Å². The topological polar surface area (TPSA) is 57.6 Å². The Labute approximate surface area is 117 Å². The van der Waals surface area contributed by atoms with E-state index in [9.17, 15) is 13.5 Å². The van der Waals surface area contributed by atoms with Crippen molar-refractivity contribution in [3.8, 4) is 0 Å². The third-order valence-corrected chi connectivity index (χ3v) is 6.55. The van der Waals surface area contributed by atoms with E-state index in [0.717, 1.165) is 25.8 Å². The van der Waals surface area contributed by atoms with Gasteiger partial charge in [0.05, 0.1) is 17.6 Å². The number of hydrogen-bond acceptors (Lipinski definition) is 4. The minimum absolute atomic E-state index is 0.0796. The van der Waals surface area contributed by atoms with Crippen LogP contribution in [0.25, 0.3) is 0 Å². The van der Waals surface area contributed by atoms with Gasteiger partial charge in [0.1, 0.15) is 0 Å². The van der Waals surface area contributed by atoms with E-state index in [4.69, 9.17) is 0 Å². The Morgan fingerprint density at radius 3 is 2.68 bits per heavy atom. The molecule has 1 saturated carbocycles. The predicted molar refractivity (Wildman–Crippen MR) is 76.8 cm³/mol. The van der Waals surface area contributed by atoms with Crippen LogP contribution >= 0.6 is 0 Å². The average molecular weight is 289 g/mol. The van der Waals surface area contributed by atoms with Crippen molar-refractivity contribution < 1.29 is 13.5 Å². The molecule has 1 N–H and O–H groups in total. The molecule has 1 saturated heterocycles. The summed E-state index contributed by atoms with van der Waals surface area (Å²) in [5.41, 5.74) is 0.301. The van der Waals surface area contributed by atoms with E-state index in [1.165, 1.54) is 0 Å². The van der Waals surface area contributed by atoms with E-state index in [0.29, 0.717) is 12.0 Å². The Balaban J connectivity index is 1.97. The summed E-state index contributed by atoms with van der Waals surface area (Å²) in [4.78, 5) is 2.25. The van der Waals surface area contributed by atoms with Gasteiger partial charge in [0.25, 0.3) is 0 Å². The maximum absolute atomic E-state index is 11.6. The van der Waals surface area contributed by atoms with E-state index in [1.807, 2.05) is 6.92 Å². The molecule has 2 aliphatic rings. The van der Waals surface area contributed by atoms with Gasteiger partial charge >= 0.3 is 0 Å². The third-order valence-electron chi connectivity index (χ3n) is 4.75. The molecular weight excluding hydrogens is 262 g/mol. The zero-order valence-electron chi connectivity index (χ0n) is 12.3. The summed E-state index contributed by atoms with van der Waals surface area (Å²) in [6, 6.07) is 0.0796. The van der Waals surface area contributed by atoms with Gasteiger partial charge in [0.15, 0.2) is 9.84 Å². The van der Waals surface area contributed by atoms with Gasteiger partial charge in [-0.15, -0.1) is 0 Å². The largest absolute Gasteiger partial charge is 0.393 e. The molecule has 2 rings (SSSR count). The van der Waals surface area contributed by atoms with Crippen molar-refractivity contribution in [1.82, 2.24) is 4.90 Å². The molecule has 3 atom stereocenters. The molecule has 19 heavy (non-hydrogen) atoms. The lowest BCUT2D eigenvalue weighted by Crippen LogP contribution is -2.51. The van der Waals surface area contributed by atoms with Gasteiger partial charge in [-0.2, -0.15) is 0 Å². The summed E-state index contributed by atoms with van der Waals surface area (Å²) >= 11 is 0. The number of sulfone groups is 1. The van der Waals surface area contributed by atoms with Crippen LogP contribution in [0.5, 0.6) is 0 Å². The highest BCUT2D eigenvalue weighted by Crippen LogP contribution is 2.39. The van der Waals surface area contributed by atoms with Crippen molar-refractivity contribution in [3.05, 3.63) is 0 Å². The minimum Gasteiger partial charge on any atom is -0.393 e. The SMILES string of the molecule is CC1CS(=O)(=O)CCN1CC1CC(C)(C)CCC1O. The highest BCUT2D eigenvalue weighted by Gasteiger charge is 2.37. The monoisotopic (exact) mass is 289 g/mol. The Hall–Kier alpha value is -0.130. The minimum atomic E-state index is -2.85. The Morgan fingerprint density at radius 1 is 1.37 bits per heavy atom. The maximum Gasteiger partial charge on any atom is 0.153 e. The first-order chi connectivity index (χ1) is 8.69. The van der Waals surface area contributed by atoms with E-state index in [1.54, 1.807) is 0 Å². The average Bonchev–Trinajstić information content (AvgIpc) is 2.26. The first-order valence-electron chi connectivity index (χ1n) is 7.31. The van der Waals surface area contributed by atoms with Crippen molar-refractivity contribution in [3.63, 3.8) is 0 Å². The second kappa shape index (κ2) is 5.34.